The topological polar surface area (TPSA) is 0 Å². The quantitative estimate of drug-likeness (QED) is 0.452. The van der Waals surface area contributed by atoms with Gasteiger partial charge < -0.3 is 0 Å². The van der Waals surface area contributed by atoms with E-state index in [9.17, 15) is 8.78 Å². The maximum atomic E-state index is 14.6. The van der Waals surface area contributed by atoms with Gasteiger partial charge in [-0.1, -0.05) is 87.0 Å². The van der Waals surface area contributed by atoms with Crippen LogP contribution in [0.5, 0.6) is 0 Å². The van der Waals surface area contributed by atoms with E-state index in [0.717, 1.165) is 30.4 Å². The third-order valence-electron chi connectivity index (χ3n) is 4.51. The molecule has 0 fully saturated rings. The second-order valence-corrected chi connectivity index (χ2v) is 6.31. The van der Waals surface area contributed by atoms with Crippen LogP contribution >= 0.6 is 0 Å². The Morgan fingerprint density at radius 3 is 2.23 bits per heavy atom. The Hall–Kier alpha value is -2.48. The molecule has 2 rings (SSSR count). The molecule has 136 valence electrons. The molecule has 0 spiro atoms. The fourth-order valence-corrected chi connectivity index (χ4v) is 2.85. The summed E-state index contributed by atoms with van der Waals surface area (Å²) in [5.74, 6) is -1.68. The maximum Gasteiger partial charge on any atom is 0.167 e. The first-order valence-corrected chi connectivity index (χ1v) is 9.11. The molecule has 0 unspecified atom stereocenters. The molecule has 0 saturated carbocycles. The highest BCUT2D eigenvalue weighted by Crippen LogP contribution is 2.29. The summed E-state index contributed by atoms with van der Waals surface area (Å²) in [6, 6.07) is 10.8. The van der Waals surface area contributed by atoms with Gasteiger partial charge in [0, 0.05) is 11.1 Å². The molecule has 0 N–H and O–H groups in total. The Bertz CT molecular complexity index is 824. The van der Waals surface area contributed by atoms with Crippen LogP contribution in [0.25, 0.3) is 16.7 Å². The van der Waals surface area contributed by atoms with Gasteiger partial charge in [-0.15, -0.1) is 0 Å². The SMILES string of the molecule is C=C(/C=C\C(=C/C)CCC)c1ccc(-c2ccc(CC)cc2)c(F)c1F. The van der Waals surface area contributed by atoms with Crippen LogP contribution in [0, 0.1) is 11.6 Å². The van der Waals surface area contributed by atoms with Crippen molar-refractivity contribution in [2.75, 3.05) is 0 Å². The second-order valence-electron chi connectivity index (χ2n) is 6.31. The van der Waals surface area contributed by atoms with Gasteiger partial charge in [0.2, 0.25) is 0 Å². The Kier molecular flexibility index (Phi) is 7.08. The first kappa shape index (κ1) is 19.8. The molecule has 2 aromatic rings. The van der Waals surface area contributed by atoms with Crippen molar-refractivity contribution in [1.82, 2.24) is 0 Å². The zero-order valence-corrected chi connectivity index (χ0v) is 15.8. The average molecular weight is 352 g/mol. The maximum absolute atomic E-state index is 14.6. The summed E-state index contributed by atoms with van der Waals surface area (Å²) in [7, 11) is 0. The number of halogens is 2. The van der Waals surface area contributed by atoms with Crippen LogP contribution in [-0.4, -0.2) is 0 Å². The number of hydrogen-bond acceptors (Lipinski definition) is 0. The number of allylic oxidation sites excluding steroid dienone is 5. The third kappa shape index (κ3) is 4.57. The lowest BCUT2D eigenvalue weighted by atomic mass is 9.97. The van der Waals surface area contributed by atoms with Crippen molar-refractivity contribution >= 4 is 5.57 Å². The molecule has 0 aliphatic heterocycles. The molecule has 0 radical (unpaired) electrons. The lowest BCUT2D eigenvalue weighted by Crippen LogP contribution is -1.96. The standard InChI is InChI=1S/C24H26F2/c1-5-8-18(6-2)10-9-17(4)21-15-16-22(24(26)23(21)25)20-13-11-19(7-3)12-14-20/h6,9-16H,4-5,7-8H2,1-3H3/b10-9-,18-6-. The summed E-state index contributed by atoms with van der Waals surface area (Å²) in [6.07, 6.45) is 8.58. The molecule has 0 heterocycles. The first-order chi connectivity index (χ1) is 12.5. The Balaban J connectivity index is 2.31. The van der Waals surface area contributed by atoms with Crippen molar-refractivity contribution in [2.24, 2.45) is 0 Å². The van der Waals surface area contributed by atoms with Gasteiger partial charge in [-0.3, -0.25) is 0 Å². The molecule has 0 bridgehead atoms. The van der Waals surface area contributed by atoms with Gasteiger partial charge in [-0.05, 0) is 36.5 Å². The molecule has 0 atom stereocenters. The lowest BCUT2D eigenvalue weighted by Gasteiger charge is -2.10. The Labute approximate surface area is 155 Å². The van der Waals surface area contributed by atoms with E-state index in [-0.39, 0.29) is 11.1 Å². The molecule has 0 aliphatic rings. The third-order valence-corrected chi connectivity index (χ3v) is 4.51. The van der Waals surface area contributed by atoms with E-state index < -0.39 is 11.6 Å². The summed E-state index contributed by atoms with van der Waals surface area (Å²) < 4.78 is 29.2. The van der Waals surface area contributed by atoms with Crippen molar-refractivity contribution in [3.05, 3.63) is 89.5 Å². The molecular weight excluding hydrogens is 326 g/mol. The predicted molar refractivity (Wildman–Crippen MR) is 108 cm³/mol. The summed E-state index contributed by atoms with van der Waals surface area (Å²) in [4.78, 5) is 0. The van der Waals surface area contributed by atoms with E-state index in [0.29, 0.717) is 11.1 Å². The molecule has 0 amide bonds. The van der Waals surface area contributed by atoms with Gasteiger partial charge in [0.1, 0.15) is 0 Å². The zero-order valence-electron chi connectivity index (χ0n) is 15.8. The van der Waals surface area contributed by atoms with Gasteiger partial charge in [0.05, 0.1) is 0 Å². The molecule has 26 heavy (non-hydrogen) atoms. The van der Waals surface area contributed by atoms with Gasteiger partial charge in [0.25, 0.3) is 0 Å². The highest BCUT2D eigenvalue weighted by molar-refractivity contribution is 5.76. The molecule has 0 aliphatic carbocycles. The van der Waals surface area contributed by atoms with Gasteiger partial charge in [-0.25, -0.2) is 8.78 Å². The highest BCUT2D eigenvalue weighted by atomic mass is 19.2. The Morgan fingerprint density at radius 2 is 1.65 bits per heavy atom. The van der Waals surface area contributed by atoms with Crippen molar-refractivity contribution in [3.63, 3.8) is 0 Å². The minimum Gasteiger partial charge on any atom is -0.203 e. The fourth-order valence-electron chi connectivity index (χ4n) is 2.85. The number of rotatable bonds is 7. The smallest absolute Gasteiger partial charge is 0.167 e. The van der Waals surface area contributed by atoms with Crippen LogP contribution in [-0.2, 0) is 6.42 Å². The van der Waals surface area contributed by atoms with E-state index in [2.05, 4.69) is 20.4 Å². The molecule has 0 aromatic heterocycles. The minimum absolute atomic E-state index is 0.194. The summed E-state index contributed by atoms with van der Waals surface area (Å²) in [5, 5.41) is 0. The fraction of sp³-hybridized carbons (Fsp3) is 0.250. The predicted octanol–water partition coefficient (Wildman–Crippen LogP) is 7.51. The van der Waals surface area contributed by atoms with Crippen LogP contribution in [0.3, 0.4) is 0 Å². The second kappa shape index (κ2) is 9.28. The molecule has 0 saturated heterocycles. The van der Waals surface area contributed by atoms with Crippen LogP contribution in [0.2, 0.25) is 0 Å². The van der Waals surface area contributed by atoms with Crippen LogP contribution < -0.4 is 0 Å². The average Bonchev–Trinajstić information content (AvgIpc) is 2.67. The first-order valence-electron chi connectivity index (χ1n) is 9.11. The number of aryl methyl sites for hydroxylation is 1. The van der Waals surface area contributed by atoms with Crippen LogP contribution in [0.1, 0.15) is 44.7 Å². The summed E-state index contributed by atoms with van der Waals surface area (Å²) in [5.41, 5.74) is 3.92. The Morgan fingerprint density at radius 1 is 0.962 bits per heavy atom. The van der Waals surface area contributed by atoms with Gasteiger partial charge >= 0.3 is 0 Å². The van der Waals surface area contributed by atoms with Crippen LogP contribution in [0.15, 0.2) is 66.8 Å². The monoisotopic (exact) mass is 352 g/mol. The van der Waals surface area contributed by atoms with E-state index in [1.807, 2.05) is 43.3 Å². The van der Waals surface area contributed by atoms with Crippen molar-refractivity contribution in [1.29, 1.82) is 0 Å². The minimum atomic E-state index is -0.853. The number of hydrogen-bond donors (Lipinski definition) is 0. The van der Waals surface area contributed by atoms with Gasteiger partial charge in [-0.2, -0.15) is 0 Å². The lowest BCUT2D eigenvalue weighted by molar-refractivity contribution is 0.509. The molecule has 0 nitrogen and oxygen atoms in total. The van der Waals surface area contributed by atoms with Crippen molar-refractivity contribution in [3.8, 4) is 11.1 Å². The highest BCUT2D eigenvalue weighted by Gasteiger charge is 2.15. The largest absolute Gasteiger partial charge is 0.203 e. The normalized spacial score (nSPS) is 12.0. The van der Waals surface area contributed by atoms with E-state index in [4.69, 9.17) is 0 Å². The van der Waals surface area contributed by atoms with E-state index in [1.165, 1.54) is 0 Å². The van der Waals surface area contributed by atoms with Crippen molar-refractivity contribution in [2.45, 2.75) is 40.0 Å². The number of benzene rings is 2. The van der Waals surface area contributed by atoms with E-state index in [1.54, 1.807) is 18.2 Å². The van der Waals surface area contributed by atoms with Crippen LogP contribution in [0.4, 0.5) is 8.78 Å². The van der Waals surface area contributed by atoms with Crippen molar-refractivity contribution < 1.29 is 8.78 Å². The zero-order chi connectivity index (χ0) is 19.1. The summed E-state index contributed by atoms with van der Waals surface area (Å²) in [6.45, 7) is 10.0. The van der Waals surface area contributed by atoms with Gasteiger partial charge in [0.15, 0.2) is 11.6 Å². The molecule has 2 aromatic carbocycles. The summed E-state index contributed by atoms with van der Waals surface area (Å²) >= 11 is 0. The molecular formula is C24H26F2. The van der Waals surface area contributed by atoms with E-state index >= 15 is 0 Å². The molecule has 2 heteroatoms.